The van der Waals surface area contributed by atoms with Gasteiger partial charge in [0, 0.05) is 30.9 Å². The molecule has 0 N–H and O–H groups in total. The summed E-state index contributed by atoms with van der Waals surface area (Å²) in [5, 5.41) is 15.1. The molecule has 0 fully saturated rings. The largest absolute Gasteiger partial charge is 0.456 e. The SMILES string of the molecule is c1ccc2c(c1)sc1c(-c3ccc4c(ccc5oc6cc7c8ccccc8c8ccccc8c7cc6c54)c3)cccc12. The van der Waals surface area contributed by atoms with Crippen molar-refractivity contribution in [1.82, 2.24) is 0 Å². The van der Waals surface area contributed by atoms with Gasteiger partial charge in [0.05, 0.1) is 0 Å². The summed E-state index contributed by atoms with van der Waals surface area (Å²) in [4.78, 5) is 0. The molecule has 1 nitrogen and oxygen atoms in total. The molecular weight excluding hydrogens is 529 g/mol. The van der Waals surface area contributed by atoms with E-state index in [9.17, 15) is 0 Å². The third-order valence-electron chi connectivity index (χ3n) is 9.03. The van der Waals surface area contributed by atoms with E-state index >= 15 is 0 Å². The number of hydrogen-bond donors (Lipinski definition) is 0. The second kappa shape index (κ2) is 8.19. The monoisotopic (exact) mass is 550 g/mol. The van der Waals surface area contributed by atoms with Crippen LogP contribution in [0.15, 0.2) is 138 Å². The Morgan fingerprint density at radius 2 is 1.07 bits per heavy atom. The lowest BCUT2D eigenvalue weighted by Crippen LogP contribution is -1.83. The predicted molar refractivity (Wildman–Crippen MR) is 182 cm³/mol. The molecule has 0 unspecified atom stereocenters. The molecule has 0 amide bonds. The molecule has 0 saturated carbocycles. The molecule has 0 aliphatic heterocycles. The summed E-state index contributed by atoms with van der Waals surface area (Å²) in [6.45, 7) is 0. The van der Waals surface area contributed by atoms with Gasteiger partial charge in [0.25, 0.3) is 0 Å². The zero-order chi connectivity index (χ0) is 27.4. The van der Waals surface area contributed by atoms with Gasteiger partial charge in [-0.25, -0.2) is 0 Å². The first kappa shape index (κ1) is 22.5. The molecule has 0 bridgehead atoms. The van der Waals surface area contributed by atoms with Crippen LogP contribution in [0.3, 0.4) is 0 Å². The maximum atomic E-state index is 6.54. The van der Waals surface area contributed by atoms with Crippen LogP contribution in [-0.4, -0.2) is 0 Å². The van der Waals surface area contributed by atoms with E-state index in [1.165, 1.54) is 85.2 Å². The van der Waals surface area contributed by atoms with Crippen LogP contribution in [0.5, 0.6) is 0 Å². The highest BCUT2D eigenvalue weighted by atomic mass is 32.1. The zero-order valence-electron chi connectivity index (χ0n) is 22.5. The van der Waals surface area contributed by atoms with Crippen molar-refractivity contribution < 1.29 is 4.42 Å². The average molecular weight is 551 g/mol. The van der Waals surface area contributed by atoms with E-state index in [2.05, 4.69) is 133 Å². The fraction of sp³-hybridized carbons (Fsp3) is 0. The van der Waals surface area contributed by atoms with Crippen LogP contribution in [0.25, 0.3) is 96.3 Å². The Kier molecular flexibility index (Phi) is 4.39. The van der Waals surface area contributed by atoms with E-state index in [1.54, 1.807) is 0 Å². The highest BCUT2D eigenvalue weighted by Crippen LogP contribution is 2.44. The van der Waals surface area contributed by atoms with Gasteiger partial charge in [-0.05, 0) is 84.5 Å². The lowest BCUT2D eigenvalue weighted by atomic mass is 9.92. The van der Waals surface area contributed by atoms with Crippen LogP contribution < -0.4 is 0 Å². The predicted octanol–water partition coefficient (Wildman–Crippen LogP) is 12.2. The molecule has 0 radical (unpaired) electrons. The minimum absolute atomic E-state index is 0.931. The minimum atomic E-state index is 0.931. The van der Waals surface area contributed by atoms with Crippen LogP contribution >= 0.6 is 11.3 Å². The van der Waals surface area contributed by atoms with Crippen LogP contribution in [0.1, 0.15) is 0 Å². The van der Waals surface area contributed by atoms with Crippen LogP contribution in [-0.2, 0) is 0 Å². The van der Waals surface area contributed by atoms with E-state index in [-0.39, 0.29) is 0 Å². The summed E-state index contributed by atoms with van der Waals surface area (Å²) < 4.78 is 9.22. The maximum Gasteiger partial charge on any atom is 0.136 e. The van der Waals surface area contributed by atoms with Crippen molar-refractivity contribution >= 4 is 96.5 Å². The number of fused-ring (bicyclic) bond motifs is 14. The first-order chi connectivity index (χ1) is 20.8. The standard InChI is InChI=1S/C40H22OS/c1-3-10-29-27(8-1)28-9-2-4-11-30(28)34-22-37-35(21-33(29)34)39-25-18-16-24(20-23(25)17-19-36(39)41-37)26-13-7-14-32-31-12-5-6-15-38(31)42-40(26)32/h1-22H. The molecule has 2 heteroatoms. The highest BCUT2D eigenvalue weighted by molar-refractivity contribution is 7.26. The Labute approximate surface area is 244 Å². The second-order valence-electron chi connectivity index (χ2n) is 11.2. The minimum Gasteiger partial charge on any atom is -0.456 e. The molecule has 0 aliphatic rings. The number of rotatable bonds is 1. The Morgan fingerprint density at radius 3 is 1.86 bits per heavy atom. The Morgan fingerprint density at radius 1 is 0.405 bits per heavy atom. The van der Waals surface area contributed by atoms with Crippen LogP contribution in [0, 0.1) is 0 Å². The van der Waals surface area contributed by atoms with Gasteiger partial charge < -0.3 is 4.42 Å². The molecule has 8 aromatic carbocycles. The number of benzene rings is 8. The molecule has 42 heavy (non-hydrogen) atoms. The molecule has 0 aliphatic carbocycles. The van der Waals surface area contributed by atoms with Crippen molar-refractivity contribution in [2.75, 3.05) is 0 Å². The number of furan rings is 1. The van der Waals surface area contributed by atoms with Gasteiger partial charge in [-0.1, -0.05) is 103 Å². The van der Waals surface area contributed by atoms with E-state index in [4.69, 9.17) is 4.42 Å². The van der Waals surface area contributed by atoms with Crippen molar-refractivity contribution in [1.29, 1.82) is 0 Å². The van der Waals surface area contributed by atoms with Crippen LogP contribution in [0.2, 0.25) is 0 Å². The summed E-state index contributed by atoms with van der Waals surface area (Å²) in [6, 6.07) is 48.7. The molecule has 0 saturated heterocycles. The van der Waals surface area contributed by atoms with Crippen molar-refractivity contribution in [2.45, 2.75) is 0 Å². The normalized spacial score (nSPS) is 12.3. The Balaban J connectivity index is 1.26. The fourth-order valence-corrected chi connectivity index (χ4v) is 8.38. The van der Waals surface area contributed by atoms with Gasteiger partial charge in [0.1, 0.15) is 11.2 Å². The number of thiophene rings is 1. The van der Waals surface area contributed by atoms with Gasteiger partial charge in [-0.2, -0.15) is 0 Å². The molecule has 194 valence electrons. The Hall–Kier alpha value is -5.18. The van der Waals surface area contributed by atoms with Crippen LogP contribution in [0.4, 0.5) is 0 Å². The highest BCUT2D eigenvalue weighted by Gasteiger charge is 2.16. The quantitative estimate of drug-likeness (QED) is 0.185. The van der Waals surface area contributed by atoms with Gasteiger partial charge in [-0.15, -0.1) is 11.3 Å². The van der Waals surface area contributed by atoms with Gasteiger partial charge in [0.2, 0.25) is 0 Å². The van der Waals surface area contributed by atoms with Crippen molar-refractivity contribution in [3.63, 3.8) is 0 Å². The van der Waals surface area contributed by atoms with Crippen molar-refractivity contribution in [2.24, 2.45) is 0 Å². The van der Waals surface area contributed by atoms with E-state index < -0.39 is 0 Å². The molecule has 2 heterocycles. The van der Waals surface area contributed by atoms with Gasteiger partial charge in [-0.3, -0.25) is 0 Å². The smallest absolute Gasteiger partial charge is 0.136 e. The topological polar surface area (TPSA) is 13.1 Å². The lowest BCUT2D eigenvalue weighted by Gasteiger charge is -2.10. The average Bonchev–Trinajstić information content (AvgIpc) is 3.62. The molecule has 10 rings (SSSR count). The molecule has 0 spiro atoms. The summed E-state index contributed by atoms with van der Waals surface area (Å²) in [5.41, 5.74) is 4.40. The zero-order valence-corrected chi connectivity index (χ0v) is 23.3. The summed E-state index contributed by atoms with van der Waals surface area (Å²) >= 11 is 1.88. The van der Waals surface area contributed by atoms with E-state index in [0.717, 1.165) is 11.2 Å². The van der Waals surface area contributed by atoms with Gasteiger partial charge >= 0.3 is 0 Å². The lowest BCUT2D eigenvalue weighted by molar-refractivity contribution is 0.670. The molecular formula is C40H22OS. The van der Waals surface area contributed by atoms with Crippen molar-refractivity contribution in [3.05, 3.63) is 133 Å². The molecule has 0 atom stereocenters. The summed E-state index contributed by atoms with van der Waals surface area (Å²) in [5.74, 6) is 0. The molecule has 10 aromatic rings. The number of hydrogen-bond acceptors (Lipinski definition) is 2. The van der Waals surface area contributed by atoms with Crippen molar-refractivity contribution in [3.8, 4) is 11.1 Å². The fourth-order valence-electron chi connectivity index (χ4n) is 7.14. The van der Waals surface area contributed by atoms with E-state index in [1.807, 2.05) is 11.3 Å². The second-order valence-corrected chi connectivity index (χ2v) is 12.3. The Bertz CT molecular complexity index is 2740. The van der Waals surface area contributed by atoms with Gasteiger partial charge in [0.15, 0.2) is 0 Å². The molecule has 2 aromatic heterocycles. The first-order valence-corrected chi connectivity index (χ1v) is 15.2. The maximum absolute atomic E-state index is 6.54. The third-order valence-corrected chi connectivity index (χ3v) is 10.3. The summed E-state index contributed by atoms with van der Waals surface area (Å²) in [7, 11) is 0. The van der Waals surface area contributed by atoms with E-state index in [0.29, 0.717) is 0 Å². The third kappa shape index (κ3) is 2.97. The summed E-state index contributed by atoms with van der Waals surface area (Å²) in [6.07, 6.45) is 0. The first-order valence-electron chi connectivity index (χ1n) is 14.3.